The second-order valence-electron chi connectivity index (χ2n) is 6.68. The summed E-state index contributed by atoms with van der Waals surface area (Å²) in [6, 6.07) is 17.7. The predicted molar refractivity (Wildman–Crippen MR) is 106 cm³/mol. The first-order chi connectivity index (χ1) is 13.0. The van der Waals surface area contributed by atoms with Crippen LogP contribution in [0.15, 0.2) is 65.2 Å². The minimum atomic E-state index is -0.0936. The number of nitrogens with zero attached hydrogens (tertiary/aromatic N) is 3. The molecule has 3 aromatic rings. The second kappa shape index (κ2) is 8.45. The number of carbonyl (C=O) groups is 1. The minimum Gasteiger partial charge on any atom is -0.337 e. The number of amides is 1. The molecule has 2 aromatic carbocycles. The molecule has 0 spiro atoms. The highest BCUT2D eigenvalue weighted by atomic mass is 16.5. The molecule has 0 atom stereocenters. The van der Waals surface area contributed by atoms with E-state index in [9.17, 15) is 4.79 Å². The molecule has 0 aliphatic heterocycles. The minimum absolute atomic E-state index is 0.00708. The first-order valence-corrected chi connectivity index (χ1v) is 8.96. The van der Waals surface area contributed by atoms with Crippen LogP contribution in [0.5, 0.6) is 0 Å². The summed E-state index contributed by atoms with van der Waals surface area (Å²) >= 11 is 0. The lowest BCUT2D eigenvalue weighted by Crippen LogP contribution is -2.35. The number of hydrogen-bond donors (Lipinski definition) is 0. The van der Waals surface area contributed by atoms with Crippen molar-refractivity contribution < 1.29 is 9.32 Å². The van der Waals surface area contributed by atoms with Crippen molar-refractivity contribution in [2.24, 2.45) is 0 Å². The van der Waals surface area contributed by atoms with Crippen LogP contribution in [0.2, 0.25) is 0 Å². The van der Waals surface area contributed by atoms with Crippen LogP contribution in [0.3, 0.4) is 0 Å². The molecule has 5 heteroatoms. The highest BCUT2D eigenvalue weighted by Crippen LogP contribution is 2.17. The highest BCUT2D eigenvalue weighted by molar-refractivity contribution is 5.91. The Hall–Kier alpha value is -3.21. The van der Waals surface area contributed by atoms with Gasteiger partial charge >= 0.3 is 0 Å². The van der Waals surface area contributed by atoms with Crippen LogP contribution in [0.1, 0.15) is 30.9 Å². The Labute approximate surface area is 159 Å². The van der Waals surface area contributed by atoms with Gasteiger partial charge in [-0.05, 0) is 32.4 Å². The van der Waals surface area contributed by atoms with Crippen molar-refractivity contribution in [1.82, 2.24) is 15.0 Å². The monoisotopic (exact) mass is 361 g/mol. The lowest BCUT2D eigenvalue weighted by atomic mass is 10.1. The fourth-order valence-electron chi connectivity index (χ4n) is 2.63. The van der Waals surface area contributed by atoms with E-state index in [1.165, 1.54) is 5.56 Å². The van der Waals surface area contributed by atoms with Gasteiger partial charge in [-0.25, -0.2) is 0 Å². The van der Waals surface area contributed by atoms with Gasteiger partial charge < -0.3 is 9.42 Å². The topological polar surface area (TPSA) is 59.2 Å². The molecule has 0 aliphatic rings. The molecule has 0 bridgehead atoms. The van der Waals surface area contributed by atoms with Crippen molar-refractivity contribution in [1.29, 1.82) is 0 Å². The maximum atomic E-state index is 12.6. The third kappa shape index (κ3) is 4.91. The molecule has 5 nitrogen and oxygen atoms in total. The molecule has 0 fully saturated rings. The number of rotatable bonds is 6. The van der Waals surface area contributed by atoms with Crippen LogP contribution in [-0.2, 0) is 11.3 Å². The first-order valence-electron chi connectivity index (χ1n) is 8.96. The summed E-state index contributed by atoms with van der Waals surface area (Å²) in [6.07, 6.45) is 3.38. The van der Waals surface area contributed by atoms with Crippen LogP contribution in [-0.4, -0.2) is 27.0 Å². The smallest absolute Gasteiger partial charge is 0.247 e. The predicted octanol–water partition coefficient (Wildman–Crippen LogP) is 4.50. The Bertz CT molecular complexity index is 912. The summed E-state index contributed by atoms with van der Waals surface area (Å²) in [4.78, 5) is 18.8. The average Bonchev–Trinajstić information content (AvgIpc) is 3.14. The third-order valence-electron chi connectivity index (χ3n) is 4.21. The largest absolute Gasteiger partial charge is 0.337 e. The molecule has 27 heavy (non-hydrogen) atoms. The van der Waals surface area contributed by atoms with E-state index in [0.717, 1.165) is 11.1 Å². The molecule has 1 amide bonds. The summed E-state index contributed by atoms with van der Waals surface area (Å²) in [5, 5.41) is 4.04. The molecule has 1 heterocycles. The van der Waals surface area contributed by atoms with E-state index >= 15 is 0 Å². The van der Waals surface area contributed by atoms with E-state index in [1.807, 2.05) is 81.4 Å². The van der Waals surface area contributed by atoms with Crippen LogP contribution in [0, 0.1) is 6.92 Å². The quantitative estimate of drug-likeness (QED) is 0.607. The fourth-order valence-corrected chi connectivity index (χ4v) is 2.63. The molecular weight excluding hydrogens is 338 g/mol. The van der Waals surface area contributed by atoms with Crippen molar-refractivity contribution in [3.05, 3.63) is 77.7 Å². The molecule has 138 valence electrons. The van der Waals surface area contributed by atoms with Crippen LogP contribution in [0.25, 0.3) is 17.5 Å². The molecule has 0 N–H and O–H groups in total. The van der Waals surface area contributed by atoms with Crippen LogP contribution >= 0.6 is 0 Å². The first kappa shape index (κ1) is 18.6. The number of benzene rings is 2. The summed E-state index contributed by atoms with van der Waals surface area (Å²) in [5.74, 6) is 0.852. The molecular formula is C22H23N3O2. The number of aromatic nitrogens is 2. The Kier molecular flexibility index (Phi) is 5.81. The van der Waals surface area contributed by atoms with E-state index in [1.54, 1.807) is 11.0 Å². The lowest BCUT2D eigenvalue weighted by molar-refractivity contribution is -0.128. The van der Waals surface area contributed by atoms with Crippen LogP contribution in [0.4, 0.5) is 0 Å². The summed E-state index contributed by atoms with van der Waals surface area (Å²) in [6.45, 7) is 6.23. The van der Waals surface area contributed by atoms with Gasteiger partial charge in [0.25, 0.3) is 0 Å². The molecule has 0 aliphatic carbocycles. The average molecular weight is 361 g/mol. The van der Waals surface area contributed by atoms with Gasteiger partial charge in [0.05, 0.1) is 0 Å². The molecule has 0 saturated heterocycles. The summed E-state index contributed by atoms with van der Waals surface area (Å²) in [5.41, 5.74) is 3.04. The van der Waals surface area contributed by atoms with E-state index in [2.05, 4.69) is 10.1 Å². The van der Waals surface area contributed by atoms with E-state index in [4.69, 9.17) is 4.52 Å². The lowest BCUT2D eigenvalue weighted by Gasteiger charge is -2.23. The Morgan fingerprint density at radius 2 is 1.81 bits per heavy atom. The summed E-state index contributed by atoms with van der Waals surface area (Å²) < 4.78 is 5.36. The van der Waals surface area contributed by atoms with Gasteiger partial charge in [0.1, 0.15) is 6.54 Å². The molecule has 0 saturated carbocycles. The zero-order chi connectivity index (χ0) is 19.2. The molecule has 0 unspecified atom stereocenters. The third-order valence-corrected chi connectivity index (χ3v) is 4.21. The Balaban J connectivity index is 1.72. The van der Waals surface area contributed by atoms with Gasteiger partial charge in [-0.2, -0.15) is 4.98 Å². The normalized spacial score (nSPS) is 11.3. The molecule has 0 radical (unpaired) electrons. The van der Waals surface area contributed by atoms with Crippen LogP contribution < -0.4 is 0 Å². The maximum absolute atomic E-state index is 12.6. The van der Waals surface area contributed by atoms with Gasteiger partial charge in [0, 0.05) is 17.7 Å². The summed E-state index contributed by atoms with van der Waals surface area (Å²) in [7, 11) is 0. The zero-order valence-electron chi connectivity index (χ0n) is 15.8. The fraction of sp³-hybridized carbons (Fsp3) is 0.227. The van der Waals surface area contributed by atoms with Crippen molar-refractivity contribution in [3.63, 3.8) is 0 Å². The van der Waals surface area contributed by atoms with Gasteiger partial charge in [-0.1, -0.05) is 65.3 Å². The zero-order valence-corrected chi connectivity index (χ0v) is 15.8. The van der Waals surface area contributed by atoms with E-state index < -0.39 is 0 Å². The Morgan fingerprint density at radius 3 is 2.48 bits per heavy atom. The van der Waals surface area contributed by atoms with Crippen molar-refractivity contribution in [2.75, 3.05) is 0 Å². The molecule has 3 rings (SSSR count). The second-order valence-corrected chi connectivity index (χ2v) is 6.68. The SMILES string of the molecule is Cc1ccc(-c2noc(CN(C(=O)/C=C/c3ccccc3)C(C)C)n2)cc1. The number of hydrogen-bond acceptors (Lipinski definition) is 4. The van der Waals surface area contributed by atoms with Gasteiger partial charge in [0.15, 0.2) is 0 Å². The van der Waals surface area contributed by atoms with E-state index in [-0.39, 0.29) is 18.5 Å². The van der Waals surface area contributed by atoms with Gasteiger partial charge in [-0.3, -0.25) is 4.79 Å². The highest BCUT2D eigenvalue weighted by Gasteiger charge is 2.19. The maximum Gasteiger partial charge on any atom is 0.247 e. The van der Waals surface area contributed by atoms with Crippen molar-refractivity contribution in [2.45, 2.75) is 33.4 Å². The van der Waals surface area contributed by atoms with Gasteiger partial charge in [-0.15, -0.1) is 0 Å². The Morgan fingerprint density at radius 1 is 1.11 bits per heavy atom. The molecule has 1 aromatic heterocycles. The number of aryl methyl sites for hydroxylation is 1. The standard InChI is InChI=1S/C22H23N3O2/c1-16(2)25(21(26)14-11-18-7-5-4-6-8-18)15-20-23-22(24-27-20)19-12-9-17(3)10-13-19/h4-14,16H,15H2,1-3H3/b14-11+. The number of carbonyl (C=O) groups excluding carboxylic acids is 1. The van der Waals surface area contributed by atoms with Crippen molar-refractivity contribution >= 4 is 12.0 Å². The van der Waals surface area contributed by atoms with Crippen molar-refractivity contribution in [3.8, 4) is 11.4 Å². The van der Waals surface area contributed by atoms with Gasteiger partial charge in [0.2, 0.25) is 17.6 Å². The van der Waals surface area contributed by atoms with E-state index in [0.29, 0.717) is 11.7 Å².